The van der Waals surface area contributed by atoms with E-state index in [-0.39, 0.29) is 30.9 Å². The SMILES string of the molecule is CN1CCN(CCCOc2ccc(Nc3nccc(OC(=O)NCc4ccc5c(c4)COCO5)n3)cc2F)CC1. The zero-order chi connectivity index (χ0) is 27.7. The molecule has 1 saturated heterocycles. The molecular weight excluding hydrogens is 519 g/mol. The highest BCUT2D eigenvalue weighted by atomic mass is 19.1. The highest BCUT2D eigenvalue weighted by Crippen LogP contribution is 2.25. The van der Waals surface area contributed by atoms with Crippen LogP contribution in [-0.2, 0) is 17.9 Å². The van der Waals surface area contributed by atoms with Crippen LogP contribution in [0.5, 0.6) is 17.4 Å². The van der Waals surface area contributed by atoms with E-state index in [4.69, 9.17) is 18.9 Å². The fourth-order valence-corrected chi connectivity index (χ4v) is 4.38. The molecule has 3 aromatic rings. The number of carbonyl (C=O) groups is 1. The molecule has 2 aromatic carbocycles. The van der Waals surface area contributed by atoms with E-state index in [2.05, 4.69) is 37.4 Å². The van der Waals surface area contributed by atoms with Gasteiger partial charge < -0.3 is 39.4 Å². The van der Waals surface area contributed by atoms with Crippen molar-refractivity contribution in [2.45, 2.75) is 19.6 Å². The predicted octanol–water partition coefficient (Wildman–Crippen LogP) is 3.53. The second-order valence-corrected chi connectivity index (χ2v) is 9.63. The summed E-state index contributed by atoms with van der Waals surface area (Å²) in [5.74, 6) is 0.676. The number of piperazine rings is 1. The van der Waals surface area contributed by atoms with Crippen LogP contribution in [0.4, 0.5) is 20.8 Å². The Morgan fingerprint density at radius 2 is 2.00 bits per heavy atom. The quantitative estimate of drug-likeness (QED) is 0.363. The van der Waals surface area contributed by atoms with Crippen molar-refractivity contribution in [2.75, 3.05) is 58.5 Å². The summed E-state index contributed by atoms with van der Waals surface area (Å²) >= 11 is 0. The molecule has 0 aliphatic carbocycles. The number of likely N-dealkylation sites (N-methyl/N-ethyl adjacent to an activating group) is 1. The molecule has 2 aliphatic heterocycles. The van der Waals surface area contributed by atoms with E-state index < -0.39 is 11.9 Å². The summed E-state index contributed by atoms with van der Waals surface area (Å²) in [5, 5.41) is 5.61. The van der Waals surface area contributed by atoms with Crippen molar-refractivity contribution in [3.05, 3.63) is 65.6 Å². The minimum atomic E-state index is -0.671. The van der Waals surface area contributed by atoms with Gasteiger partial charge in [0.25, 0.3) is 0 Å². The largest absolute Gasteiger partial charge is 0.490 e. The van der Waals surface area contributed by atoms with Crippen LogP contribution in [0, 0.1) is 5.82 Å². The van der Waals surface area contributed by atoms with E-state index in [1.165, 1.54) is 18.3 Å². The Hall–Kier alpha value is -4.00. The average Bonchev–Trinajstić information content (AvgIpc) is 2.96. The molecular formula is C28H33FN6O5. The molecule has 11 nitrogen and oxygen atoms in total. The minimum absolute atomic E-state index is 0.0445. The molecule has 212 valence electrons. The predicted molar refractivity (Wildman–Crippen MR) is 145 cm³/mol. The van der Waals surface area contributed by atoms with E-state index in [0.29, 0.717) is 18.9 Å². The standard InChI is InChI=1S/C28H33FN6O5/c1-34-10-12-35(13-11-34)9-2-14-38-25-6-4-22(16-23(25)29)32-27-30-8-7-26(33-27)40-28(36)31-17-20-3-5-24-21(15-20)18-37-19-39-24/h3-8,15-16H,2,9-14,17-19H2,1H3,(H,31,36)(H,30,32,33). The first-order chi connectivity index (χ1) is 19.5. The summed E-state index contributed by atoms with van der Waals surface area (Å²) in [4.78, 5) is 25.3. The van der Waals surface area contributed by atoms with Gasteiger partial charge in [-0.25, -0.2) is 14.2 Å². The third-order valence-corrected chi connectivity index (χ3v) is 6.60. The van der Waals surface area contributed by atoms with E-state index in [0.717, 1.165) is 56.0 Å². The van der Waals surface area contributed by atoms with Gasteiger partial charge >= 0.3 is 6.09 Å². The fraction of sp³-hybridized carbons (Fsp3) is 0.393. The van der Waals surface area contributed by atoms with Gasteiger partial charge in [0.05, 0.1) is 13.2 Å². The van der Waals surface area contributed by atoms with Crippen LogP contribution in [0.3, 0.4) is 0 Å². The number of fused-ring (bicyclic) bond motifs is 1. The molecule has 3 heterocycles. The second-order valence-electron chi connectivity index (χ2n) is 9.63. The lowest BCUT2D eigenvalue weighted by Gasteiger charge is -2.32. The van der Waals surface area contributed by atoms with Crippen LogP contribution in [0.1, 0.15) is 17.5 Å². The van der Waals surface area contributed by atoms with Gasteiger partial charge in [0.15, 0.2) is 18.4 Å². The van der Waals surface area contributed by atoms with Crippen molar-refractivity contribution in [3.8, 4) is 17.4 Å². The zero-order valence-corrected chi connectivity index (χ0v) is 22.4. The first kappa shape index (κ1) is 27.6. The maximum absolute atomic E-state index is 14.6. The molecule has 1 amide bonds. The number of nitrogens with one attached hydrogen (secondary N) is 2. The number of halogens is 1. The van der Waals surface area contributed by atoms with E-state index in [9.17, 15) is 9.18 Å². The third kappa shape index (κ3) is 7.78. The van der Waals surface area contributed by atoms with Crippen molar-refractivity contribution in [2.24, 2.45) is 0 Å². The van der Waals surface area contributed by atoms with Crippen molar-refractivity contribution >= 4 is 17.7 Å². The van der Waals surface area contributed by atoms with Gasteiger partial charge in [-0.05, 0) is 43.3 Å². The third-order valence-electron chi connectivity index (χ3n) is 6.60. The zero-order valence-electron chi connectivity index (χ0n) is 22.4. The van der Waals surface area contributed by atoms with Gasteiger partial charge in [-0.3, -0.25) is 0 Å². The molecule has 0 spiro atoms. The molecule has 0 atom stereocenters. The van der Waals surface area contributed by atoms with Crippen LogP contribution >= 0.6 is 0 Å². The number of rotatable bonds is 10. The van der Waals surface area contributed by atoms with E-state index >= 15 is 0 Å². The summed E-state index contributed by atoms with van der Waals surface area (Å²) < 4.78 is 36.3. The average molecular weight is 553 g/mol. The number of aromatic nitrogens is 2. The fourth-order valence-electron chi connectivity index (χ4n) is 4.38. The molecule has 2 N–H and O–H groups in total. The topological polar surface area (TPSA) is 110 Å². The molecule has 12 heteroatoms. The second kappa shape index (κ2) is 13.4. The highest BCUT2D eigenvalue weighted by molar-refractivity contribution is 5.70. The first-order valence-electron chi connectivity index (χ1n) is 13.2. The Morgan fingerprint density at radius 1 is 1.12 bits per heavy atom. The molecule has 0 saturated carbocycles. The monoisotopic (exact) mass is 552 g/mol. The Kier molecular flexibility index (Phi) is 9.22. The number of benzene rings is 2. The number of ether oxygens (including phenoxy) is 4. The Balaban J connectivity index is 1.07. The number of nitrogens with zero attached hydrogens (tertiary/aromatic N) is 4. The van der Waals surface area contributed by atoms with Crippen molar-refractivity contribution < 1.29 is 28.1 Å². The van der Waals surface area contributed by atoms with E-state index in [1.807, 2.05) is 18.2 Å². The lowest BCUT2D eigenvalue weighted by atomic mass is 10.1. The Morgan fingerprint density at radius 3 is 2.85 bits per heavy atom. The number of carbonyl (C=O) groups excluding carboxylic acids is 1. The van der Waals surface area contributed by atoms with Crippen molar-refractivity contribution in [1.29, 1.82) is 0 Å². The van der Waals surface area contributed by atoms with Crippen LogP contribution in [0.2, 0.25) is 0 Å². The molecule has 1 aromatic heterocycles. The van der Waals surface area contributed by atoms with Gasteiger partial charge in [0, 0.05) is 68.8 Å². The highest BCUT2D eigenvalue weighted by Gasteiger charge is 2.14. The normalized spacial score (nSPS) is 15.6. The van der Waals surface area contributed by atoms with Crippen LogP contribution in [0.25, 0.3) is 0 Å². The number of anilines is 2. The van der Waals surface area contributed by atoms with Crippen molar-refractivity contribution in [3.63, 3.8) is 0 Å². The summed E-state index contributed by atoms with van der Waals surface area (Å²) in [6, 6.07) is 11.6. The smallest absolute Gasteiger partial charge is 0.414 e. The maximum atomic E-state index is 14.6. The van der Waals surface area contributed by atoms with Crippen molar-refractivity contribution in [1.82, 2.24) is 25.1 Å². The number of hydrogen-bond acceptors (Lipinski definition) is 10. The van der Waals surface area contributed by atoms with Crippen LogP contribution in [-0.4, -0.2) is 79.0 Å². The summed E-state index contributed by atoms with van der Waals surface area (Å²) in [6.07, 6.45) is 1.60. The molecule has 0 unspecified atom stereocenters. The van der Waals surface area contributed by atoms with E-state index in [1.54, 1.807) is 12.1 Å². The van der Waals surface area contributed by atoms with Gasteiger partial charge in [-0.1, -0.05) is 6.07 Å². The number of hydrogen-bond donors (Lipinski definition) is 2. The summed E-state index contributed by atoms with van der Waals surface area (Å²) in [7, 11) is 2.13. The van der Waals surface area contributed by atoms with Gasteiger partial charge in [-0.2, -0.15) is 4.98 Å². The molecule has 2 aliphatic rings. The molecule has 1 fully saturated rings. The van der Waals surface area contributed by atoms with Gasteiger partial charge in [0.2, 0.25) is 11.8 Å². The minimum Gasteiger partial charge on any atom is -0.490 e. The Labute approximate surface area is 232 Å². The molecule has 5 rings (SSSR count). The summed E-state index contributed by atoms with van der Waals surface area (Å²) in [5.41, 5.74) is 2.23. The molecule has 0 radical (unpaired) electrons. The Bertz CT molecular complexity index is 1300. The molecule has 0 bridgehead atoms. The number of amides is 1. The molecule has 40 heavy (non-hydrogen) atoms. The van der Waals surface area contributed by atoms with Crippen LogP contribution in [0.15, 0.2) is 48.7 Å². The van der Waals surface area contributed by atoms with Gasteiger partial charge in [0.1, 0.15) is 5.75 Å². The first-order valence-corrected chi connectivity index (χ1v) is 13.2. The summed E-state index contributed by atoms with van der Waals surface area (Å²) in [6.45, 7) is 6.55. The maximum Gasteiger partial charge on any atom is 0.414 e. The lowest BCUT2D eigenvalue weighted by molar-refractivity contribution is -0.0164. The lowest BCUT2D eigenvalue weighted by Crippen LogP contribution is -2.44. The van der Waals surface area contributed by atoms with Crippen LogP contribution < -0.4 is 24.8 Å². The van der Waals surface area contributed by atoms with Gasteiger partial charge in [-0.15, -0.1) is 0 Å².